The van der Waals surface area contributed by atoms with E-state index < -0.39 is 0 Å². The molecule has 1 saturated heterocycles. The lowest BCUT2D eigenvalue weighted by molar-refractivity contribution is 0.0757. The minimum absolute atomic E-state index is 0.370. The average molecular weight is 231 g/mol. The summed E-state index contributed by atoms with van der Waals surface area (Å²) in [6, 6.07) is 11.3. The molecule has 2 aliphatic rings. The fraction of sp³-hybridized carbons (Fsp3) is 0.600. The van der Waals surface area contributed by atoms with Crippen LogP contribution in [0.4, 0.5) is 0 Å². The fourth-order valence-corrected chi connectivity index (χ4v) is 3.71. The summed E-state index contributed by atoms with van der Waals surface area (Å²) in [6.07, 6.45) is 3.73. The van der Waals surface area contributed by atoms with Crippen molar-refractivity contribution >= 4 is 0 Å². The van der Waals surface area contributed by atoms with E-state index in [9.17, 15) is 5.11 Å². The molecule has 0 aromatic heterocycles. The van der Waals surface area contributed by atoms with Crippen molar-refractivity contribution in [1.82, 2.24) is 5.32 Å². The molecule has 1 saturated carbocycles. The molecule has 4 atom stereocenters. The first kappa shape index (κ1) is 11.2. The Morgan fingerprint density at radius 1 is 1.12 bits per heavy atom. The average Bonchev–Trinajstić information content (AvgIpc) is 2.39. The molecule has 2 fully saturated rings. The molecule has 4 unspecified atom stereocenters. The smallest absolute Gasteiger partial charge is 0.0459 e. The van der Waals surface area contributed by atoms with E-state index in [-0.39, 0.29) is 0 Å². The molecular weight excluding hydrogens is 210 g/mol. The van der Waals surface area contributed by atoms with Gasteiger partial charge in [0.05, 0.1) is 0 Å². The van der Waals surface area contributed by atoms with Crippen molar-refractivity contribution in [2.24, 2.45) is 17.8 Å². The van der Waals surface area contributed by atoms with Gasteiger partial charge in [0.1, 0.15) is 0 Å². The summed E-state index contributed by atoms with van der Waals surface area (Å²) in [6.45, 7) is 1.49. The Hall–Kier alpha value is -0.860. The number of hydrogen-bond donors (Lipinski definition) is 2. The van der Waals surface area contributed by atoms with Gasteiger partial charge in [-0.15, -0.1) is 0 Å². The van der Waals surface area contributed by atoms with Crippen LogP contribution >= 0.6 is 0 Å². The van der Waals surface area contributed by atoms with Crippen LogP contribution in [-0.4, -0.2) is 18.3 Å². The maximum absolute atomic E-state index is 9.38. The van der Waals surface area contributed by atoms with Crippen LogP contribution in [0, 0.1) is 17.8 Å². The van der Waals surface area contributed by atoms with Crippen molar-refractivity contribution in [2.45, 2.75) is 25.3 Å². The Morgan fingerprint density at radius 3 is 2.71 bits per heavy atom. The van der Waals surface area contributed by atoms with Crippen LogP contribution in [0.5, 0.6) is 0 Å². The molecule has 1 aliphatic carbocycles. The van der Waals surface area contributed by atoms with Gasteiger partial charge in [-0.1, -0.05) is 30.3 Å². The summed E-state index contributed by atoms with van der Waals surface area (Å²) >= 11 is 0. The molecule has 2 N–H and O–H groups in total. The Labute approximate surface area is 103 Å². The number of hydrogen-bond acceptors (Lipinski definition) is 2. The molecule has 0 spiro atoms. The van der Waals surface area contributed by atoms with Crippen molar-refractivity contribution in [2.75, 3.05) is 13.2 Å². The molecule has 3 rings (SSSR count). The number of benzene rings is 1. The number of nitrogens with one attached hydrogen (secondary N) is 1. The largest absolute Gasteiger partial charge is 0.396 e. The highest BCUT2D eigenvalue weighted by Crippen LogP contribution is 2.42. The van der Waals surface area contributed by atoms with Crippen molar-refractivity contribution in [3.63, 3.8) is 0 Å². The van der Waals surface area contributed by atoms with E-state index in [1.54, 1.807) is 0 Å². The number of aliphatic hydroxyl groups is 1. The maximum Gasteiger partial charge on any atom is 0.0459 e. The van der Waals surface area contributed by atoms with Gasteiger partial charge in [-0.2, -0.15) is 0 Å². The van der Waals surface area contributed by atoms with Crippen LogP contribution in [0.3, 0.4) is 0 Å². The van der Waals surface area contributed by atoms with Gasteiger partial charge in [0.2, 0.25) is 0 Å². The lowest BCUT2D eigenvalue weighted by atomic mass is 9.69. The Bertz CT molecular complexity index is 364. The van der Waals surface area contributed by atoms with Crippen LogP contribution in [0.2, 0.25) is 0 Å². The predicted molar refractivity (Wildman–Crippen MR) is 68.6 cm³/mol. The highest BCUT2D eigenvalue weighted by molar-refractivity contribution is 5.20. The van der Waals surface area contributed by atoms with E-state index in [4.69, 9.17) is 0 Å². The summed E-state index contributed by atoms with van der Waals surface area (Å²) in [5.41, 5.74) is 1.41. The summed E-state index contributed by atoms with van der Waals surface area (Å²) < 4.78 is 0. The molecule has 2 nitrogen and oxygen atoms in total. The highest BCUT2D eigenvalue weighted by Gasteiger charge is 2.37. The van der Waals surface area contributed by atoms with Gasteiger partial charge in [0.25, 0.3) is 0 Å². The first-order chi connectivity index (χ1) is 8.36. The van der Waals surface area contributed by atoms with Gasteiger partial charge in [0.15, 0.2) is 0 Å². The number of aliphatic hydroxyl groups excluding tert-OH is 1. The Kier molecular flexibility index (Phi) is 3.17. The van der Waals surface area contributed by atoms with Gasteiger partial charge < -0.3 is 10.4 Å². The Balaban J connectivity index is 1.78. The second kappa shape index (κ2) is 4.79. The summed E-state index contributed by atoms with van der Waals surface area (Å²) in [4.78, 5) is 0. The molecule has 1 aromatic rings. The topological polar surface area (TPSA) is 32.3 Å². The minimum atomic E-state index is 0.370. The van der Waals surface area contributed by atoms with Gasteiger partial charge in [0, 0.05) is 12.6 Å². The van der Waals surface area contributed by atoms with E-state index in [2.05, 4.69) is 35.6 Å². The standard InChI is InChI=1S/C15H21NO/c17-10-12-6-11-7-14(8-12)15(16-9-11)13-4-2-1-3-5-13/h1-5,11-12,14-17H,6-10H2. The van der Waals surface area contributed by atoms with E-state index >= 15 is 0 Å². The zero-order valence-electron chi connectivity index (χ0n) is 10.2. The molecular formula is C15H21NO. The normalized spacial score (nSPS) is 36.8. The van der Waals surface area contributed by atoms with E-state index in [0.29, 0.717) is 24.5 Å². The predicted octanol–water partition coefficient (Wildman–Crippen LogP) is 2.36. The molecule has 1 aliphatic heterocycles. The van der Waals surface area contributed by atoms with Crippen molar-refractivity contribution in [3.05, 3.63) is 35.9 Å². The van der Waals surface area contributed by atoms with E-state index in [1.807, 2.05) is 0 Å². The maximum atomic E-state index is 9.38. The lowest BCUT2D eigenvalue weighted by Gasteiger charge is -2.44. The summed E-state index contributed by atoms with van der Waals surface area (Å²) in [7, 11) is 0. The second-order valence-corrected chi connectivity index (χ2v) is 5.68. The van der Waals surface area contributed by atoms with Crippen molar-refractivity contribution in [1.29, 1.82) is 0 Å². The molecule has 92 valence electrons. The van der Waals surface area contributed by atoms with Crippen molar-refractivity contribution < 1.29 is 5.11 Å². The lowest BCUT2D eigenvalue weighted by Crippen LogP contribution is -2.44. The summed E-state index contributed by atoms with van der Waals surface area (Å²) in [5.74, 6) is 2.03. The van der Waals surface area contributed by atoms with Gasteiger partial charge in [-0.05, 0) is 49.1 Å². The summed E-state index contributed by atoms with van der Waals surface area (Å²) in [5, 5.41) is 13.1. The highest BCUT2D eigenvalue weighted by atomic mass is 16.3. The van der Waals surface area contributed by atoms with Crippen LogP contribution < -0.4 is 5.32 Å². The zero-order chi connectivity index (χ0) is 11.7. The first-order valence-corrected chi connectivity index (χ1v) is 6.76. The Morgan fingerprint density at radius 2 is 1.94 bits per heavy atom. The molecule has 1 heterocycles. The molecule has 0 amide bonds. The van der Waals surface area contributed by atoms with Crippen LogP contribution in [0.15, 0.2) is 30.3 Å². The quantitative estimate of drug-likeness (QED) is 0.819. The number of piperidine rings is 1. The minimum Gasteiger partial charge on any atom is -0.396 e. The molecule has 17 heavy (non-hydrogen) atoms. The SMILES string of the molecule is OCC1CC2CNC(c3ccccc3)C(C1)C2. The third-order valence-electron chi connectivity index (χ3n) is 4.45. The van der Waals surface area contributed by atoms with Crippen LogP contribution in [0.25, 0.3) is 0 Å². The van der Waals surface area contributed by atoms with Crippen LogP contribution in [-0.2, 0) is 0 Å². The van der Waals surface area contributed by atoms with E-state index in [1.165, 1.54) is 24.8 Å². The number of rotatable bonds is 2. The third kappa shape index (κ3) is 2.24. The molecule has 2 heteroatoms. The molecule has 1 aromatic carbocycles. The van der Waals surface area contributed by atoms with E-state index in [0.717, 1.165) is 12.5 Å². The van der Waals surface area contributed by atoms with Gasteiger partial charge >= 0.3 is 0 Å². The second-order valence-electron chi connectivity index (χ2n) is 5.68. The first-order valence-electron chi connectivity index (χ1n) is 6.76. The third-order valence-corrected chi connectivity index (χ3v) is 4.45. The van der Waals surface area contributed by atoms with Gasteiger partial charge in [-0.3, -0.25) is 0 Å². The molecule has 2 bridgehead atoms. The fourth-order valence-electron chi connectivity index (χ4n) is 3.71. The molecule has 0 radical (unpaired) electrons. The monoisotopic (exact) mass is 231 g/mol. The zero-order valence-corrected chi connectivity index (χ0v) is 10.2. The van der Waals surface area contributed by atoms with Crippen LogP contribution in [0.1, 0.15) is 30.9 Å². The van der Waals surface area contributed by atoms with Crippen molar-refractivity contribution in [3.8, 4) is 0 Å². The van der Waals surface area contributed by atoms with Gasteiger partial charge in [-0.25, -0.2) is 0 Å². The number of fused-ring (bicyclic) bond motifs is 2.